The molecule has 1 aromatic rings. The lowest BCUT2D eigenvalue weighted by Crippen LogP contribution is -2.41. The highest BCUT2D eigenvalue weighted by Crippen LogP contribution is 2.20. The van der Waals surface area contributed by atoms with Crippen LogP contribution in [0.5, 0.6) is 0 Å². The maximum atomic E-state index is 4.24. The van der Waals surface area contributed by atoms with Gasteiger partial charge in [-0.05, 0) is 13.8 Å². The van der Waals surface area contributed by atoms with Crippen molar-refractivity contribution in [3.63, 3.8) is 0 Å². The maximum Gasteiger partial charge on any atom is 0.224 e. The predicted octanol–water partition coefficient (Wildman–Crippen LogP) is 0.417. The normalized spacial score (nSPS) is 16.7. The predicted molar refractivity (Wildman–Crippen MR) is 55.5 cm³/mol. The van der Waals surface area contributed by atoms with Gasteiger partial charge in [0, 0.05) is 32.1 Å². The molecule has 0 unspecified atom stereocenters. The Morgan fingerprint density at radius 1 is 1.43 bits per heavy atom. The van der Waals surface area contributed by atoms with Gasteiger partial charge in [0.25, 0.3) is 0 Å². The van der Waals surface area contributed by atoms with Crippen LogP contribution in [0.15, 0.2) is 0 Å². The van der Waals surface area contributed by atoms with Crippen LogP contribution in [0.1, 0.15) is 25.6 Å². The van der Waals surface area contributed by atoms with E-state index in [2.05, 4.69) is 39.2 Å². The molecule has 78 valence electrons. The molecule has 2 heterocycles. The molecule has 5 nitrogen and oxygen atoms in total. The van der Waals surface area contributed by atoms with Gasteiger partial charge in [-0.3, -0.25) is 4.57 Å². The number of aromatic nitrogens is 3. The molecule has 1 aromatic heterocycles. The van der Waals surface area contributed by atoms with Crippen molar-refractivity contribution in [2.75, 3.05) is 25.0 Å². The lowest BCUT2D eigenvalue weighted by atomic mass is 10.0. The van der Waals surface area contributed by atoms with Crippen LogP contribution in [0.4, 0.5) is 5.95 Å². The first-order chi connectivity index (χ1) is 6.86. The average molecular weight is 195 g/mol. The monoisotopic (exact) mass is 195 g/mol. The first-order valence-corrected chi connectivity index (χ1v) is 5.24. The Kier molecular flexibility index (Phi) is 2.67. The van der Waals surface area contributed by atoms with Gasteiger partial charge in [0.1, 0.15) is 5.82 Å². The molecular weight excluding hydrogens is 178 g/mol. The molecule has 0 spiro atoms. The summed E-state index contributed by atoms with van der Waals surface area (Å²) in [7, 11) is 0. The number of nitrogens with zero attached hydrogens (tertiary/aromatic N) is 3. The Morgan fingerprint density at radius 3 is 2.71 bits per heavy atom. The third-order valence-corrected chi connectivity index (χ3v) is 2.58. The number of hydrogen-bond acceptors (Lipinski definition) is 4. The second kappa shape index (κ2) is 3.96. The van der Waals surface area contributed by atoms with E-state index in [0.717, 1.165) is 38.0 Å². The van der Waals surface area contributed by atoms with Crippen molar-refractivity contribution < 1.29 is 0 Å². The van der Waals surface area contributed by atoms with Crippen LogP contribution in [0.3, 0.4) is 0 Å². The van der Waals surface area contributed by atoms with E-state index in [4.69, 9.17) is 0 Å². The van der Waals surface area contributed by atoms with Crippen molar-refractivity contribution in [2.24, 2.45) is 0 Å². The van der Waals surface area contributed by atoms with Crippen molar-refractivity contribution >= 4 is 5.95 Å². The summed E-state index contributed by atoms with van der Waals surface area (Å²) in [5.74, 6) is 2.56. The van der Waals surface area contributed by atoms with Gasteiger partial charge in [0.15, 0.2) is 0 Å². The van der Waals surface area contributed by atoms with Gasteiger partial charge in [0.05, 0.1) is 0 Å². The highest BCUT2D eigenvalue weighted by Gasteiger charge is 2.25. The minimum Gasteiger partial charge on any atom is -0.355 e. The Hall–Kier alpha value is -1.10. The molecule has 0 aliphatic carbocycles. The second-order valence-electron chi connectivity index (χ2n) is 3.51. The van der Waals surface area contributed by atoms with E-state index in [1.165, 1.54) is 0 Å². The maximum absolute atomic E-state index is 4.24. The summed E-state index contributed by atoms with van der Waals surface area (Å²) in [6.07, 6.45) is 0. The van der Waals surface area contributed by atoms with Crippen LogP contribution in [-0.2, 0) is 6.54 Å². The van der Waals surface area contributed by atoms with E-state index in [0.29, 0.717) is 5.92 Å². The number of hydrogen-bond donors (Lipinski definition) is 2. The molecule has 14 heavy (non-hydrogen) atoms. The summed E-state index contributed by atoms with van der Waals surface area (Å²) in [6, 6.07) is 0. The van der Waals surface area contributed by atoms with E-state index in [9.17, 15) is 0 Å². The van der Waals surface area contributed by atoms with Crippen LogP contribution in [0.2, 0.25) is 0 Å². The van der Waals surface area contributed by atoms with Gasteiger partial charge in [-0.15, -0.1) is 10.2 Å². The van der Waals surface area contributed by atoms with Gasteiger partial charge < -0.3 is 10.6 Å². The SMILES string of the molecule is CCNc1nnc(C2CNC2)n1CC. The third kappa shape index (κ3) is 1.48. The fourth-order valence-corrected chi connectivity index (χ4v) is 1.69. The summed E-state index contributed by atoms with van der Waals surface area (Å²) in [6.45, 7) is 8.08. The first-order valence-electron chi connectivity index (χ1n) is 5.24. The molecular formula is C9H17N5. The van der Waals surface area contributed by atoms with Crippen LogP contribution < -0.4 is 10.6 Å². The van der Waals surface area contributed by atoms with Crippen LogP contribution >= 0.6 is 0 Å². The summed E-state index contributed by atoms with van der Waals surface area (Å²) < 4.78 is 2.16. The van der Waals surface area contributed by atoms with Gasteiger partial charge in [-0.2, -0.15) is 0 Å². The molecule has 1 saturated heterocycles. The van der Waals surface area contributed by atoms with Gasteiger partial charge in [-0.25, -0.2) is 0 Å². The molecule has 1 fully saturated rings. The van der Waals surface area contributed by atoms with Crippen molar-refractivity contribution in [3.8, 4) is 0 Å². The highest BCUT2D eigenvalue weighted by atomic mass is 15.4. The number of anilines is 1. The van der Waals surface area contributed by atoms with E-state index in [-0.39, 0.29) is 0 Å². The Bertz CT molecular complexity index is 302. The largest absolute Gasteiger partial charge is 0.355 e. The molecule has 2 rings (SSSR count). The van der Waals surface area contributed by atoms with E-state index in [1.807, 2.05) is 0 Å². The minimum absolute atomic E-state index is 0.551. The van der Waals surface area contributed by atoms with Crippen LogP contribution in [0, 0.1) is 0 Å². The van der Waals surface area contributed by atoms with Gasteiger partial charge in [0.2, 0.25) is 5.95 Å². The lowest BCUT2D eigenvalue weighted by molar-refractivity contribution is 0.416. The minimum atomic E-state index is 0.551. The van der Waals surface area contributed by atoms with Crippen LogP contribution in [0.25, 0.3) is 0 Å². The Balaban J connectivity index is 2.21. The molecule has 1 aliphatic rings. The molecule has 0 bridgehead atoms. The molecule has 5 heteroatoms. The topological polar surface area (TPSA) is 54.8 Å². The van der Waals surface area contributed by atoms with E-state index >= 15 is 0 Å². The average Bonchev–Trinajstić information content (AvgIpc) is 2.46. The smallest absolute Gasteiger partial charge is 0.224 e. The summed E-state index contributed by atoms with van der Waals surface area (Å²) in [5.41, 5.74) is 0. The van der Waals surface area contributed by atoms with Crippen molar-refractivity contribution in [2.45, 2.75) is 26.3 Å². The summed E-state index contributed by atoms with van der Waals surface area (Å²) in [4.78, 5) is 0. The zero-order valence-electron chi connectivity index (χ0n) is 8.75. The Labute approximate surface area is 83.9 Å². The first kappa shape index (κ1) is 9.45. The van der Waals surface area contributed by atoms with Gasteiger partial charge >= 0.3 is 0 Å². The molecule has 0 amide bonds. The van der Waals surface area contributed by atoms with Crippen molar-refractivity contribution in [1.29, 1.82) is 0 Å². The van der Waals surface area contributed by atoms with Crippen LogP contribution in [-0.4, -0.2) is 34.4 Å². The fourth-order valence-electron chi connectivity index (χ4n) is 1.69. The Morgan fingerprint density at radius 2 is 2.21 bits per heavy atom. The highest BCUT2D eigenvalue weighted by molar-refractivity contribution is 5.27. The molecule has 1 aliphatic heterocycles. The molecule has 0 aromatic carbocycles. The third-order valence-electron chi connectivity index (χ3n) is 2.58. The molecule has 0 saturated carbocycles. The van der Waals surface area contributed by atoms with E-state index < -0.39 is 0 Å². The molecule has 0 atom stereocenters. The number of nitrogens with one attached hydrogen (secondary N) is 2. The molecule has 0 radical (unpaired) electrons. The molecule has 2 N–H and O–H groups in total. The van der Waals surface area contributed by atoms with Crippen molar-refractivity contribution in [3.05, 3.63) is 5.82 Å². The standard InChI is InChI=1S/C9H17N5/c1-3-11-9-13-12-8(14(9)4-2)7-5-10-6-7/h7,10H,3-6H2,1-2H3,(H,11,13). The zero-order chi connectivity index (χ0) is 9.97. The zero-order valence-corrected chi connectivity index (χ0v) is 8.75. The second-order valence-corrected chi connectivity index (χ2v) is 3.51. The van der Waals surface area contributed by atoms with E-state index in [1.54, 1.807) is 0 Å². The summed E-state index contributed by atoms with van der Waals surface area (Å²) >= 11 is 0. The summed E-state index contributed by atoms with van der Waals surface area (Å²) in [5, 5.41) is 14.9. The van der Waals surface area contributed by atoms with Crippen molar-refractivity contribution in [1.82, 2.24) is 20.1 Å². The quantitative estimate of drug-likeness (QED) is 0.731. The fraction of sp³-hybridized carbons (Fsp3) is 0.778. The lowest BCUT2D eigenvalue weighted by Gasteiger charge is -2.26. The van der Waals surface area contributed by atoms with Gasteiger partial charge in [-0.1, -0.05) is 0 Å². The number of rotatable bonds is 4.